The zero-order valence-electron chi connectivity index (χ0n) is 22.0. The molecular formula is C27H35Cl3N6O2. The monoisotopic (exact) mass is 580 g/mol. The fraction of sp³-hybridized carbons (Fsp3) is 0.593. The molecule has 1 aromatic heterocycles. The second-order valence-corrected chi connectivity index (χ2v) is 12.5. The molecular weight excluding hydrogens is 547 g/mol. The van der Waals surface area contributed by atoms with E-state index in [2.05, 4.69) is 25.4 Å². The number of aromatic nitrogens is 2. The molecule has 8 nitrogen and oxygen atoms in total. The van der Waals surface area contributed by atoms with E-state index in [0.717, 1.165) is 44.6 Å². The molecule has 0 spiro atoms. The van der Waals surface area contributed by atoms with E-state index in [-0.39, 0.29) is 6.04 Å². The van der Waals surface area contributed by atoms with Crippen molar-refractivity contribution in [3.05, 3.63) is 38.8 Å². The third kappa shape index (κ3) is 5.37. The Kier molecular flexibility index (Phi) is 7.89. The number of nitrogens with zero attached hydrogens (tertiary/aromatic N) is 4. The minimum Gasteiger partial charge on any atom is -0.481 e. The number of carbonyl (C=O) groups is 1. The summed E-state index contributed by atoms with van der Waals surface area (Å²) in [5.41, 5.74) is 0.350. The number of hydrogen-bond donors (Lipinski definition) is 3. The molecule has 5 rings (SSSR count). The zero-order chi connectivity index (χ0) is 27.2. The second kappa shape index (κ2) is 10.9. The number of carboxylic acids is 1. The molecule has 11 heteroatoms. The molecule has 3 heterocycles. The van der Waals surface area contributed by atoms with Gasteiger partial charge in [-0.15, -0.1) is 0 Å². The van der Waals surface area contributed by atoms with Crippen molar-refractivity contribution in [2.24, 2.45) is 17.3 Å². The molecule has 2 atom stereocenters. The molecule has 206 valence electrons. The van der Waals surface area contributed by atoms with Crippen LogP contribution in [-0.4, -0.2) is 65.2 Å². The van der Waals surface area contributed by atoms with Gasteiger partial charge in [0.1, 0.15) is 5.02 Å². The predicted octanol–water partition coefficient (Wildman–Crippen LogP) is 6.05. The average Bonchev–Trinajstić information content (AvgIpc) is 2.82. The van der Waals surface area contributed by atoms with E-state index in [1.165, 1.54) is 12.8 Å². The van der Waals surface area contributed by atoms with E-state index >= 15 is 0 Å². The van der Waals surface area contributed by atoms with Crippen LogP contribution in [-0.2, 0) is 4.79 Å². The third-order valence-electron chi connectivity index (χ3n) is 8.61. The van der Waals surface area contributed by atoms with Gasteiger partial charge in [-0.25, -0.2) is 0 Å². The maximum atomic E-state index is 11.5. The largest absolute Gasteiger partial charge is 0.481 e. The Labute approximate surface area is 239 Å². The number of piperidine rings is 1. The van der Waals surface area contributed by atoms with E-state index in [1.54, 1.807) is 13.1 Å². The summed E-state index contributed by atoms with van der Waals surface area (Å²) in [6.45, 7) is 7.80. The Morgan fingerprint density at radius 3 is 2.50 bits per heavy atom. The number of rotatable bonds is 8. The standard InChI is InChI=1S/C27H35Cl3N6O2/c1-15(20-7-6-18(28)9-21(20)29)32-24-22(30)23(31-3)33-26(34-24)36-13-17(14-36)16-5-4-8-35(12-16)19-10-27(2,11-19)25(37)38/h6-7,9,15-17,19H,4-5,8,10-14H2,1-3H3,(H,37,38)(H2,31,32,33,34)/t15-,16+,19?,27?/m1/s1. The molecule has 38 heavy (non-hydrogen) atoms. The minimum absolute atomic E-state index is 0.142. The first kappa shape index (κ1) is 27.6. The van der Waals surface area contributed by atoms with Gasteiger partial charge in [0.05, 0.1) is 11.5 Å². The number of carboxylic acid groups (broad SMARTS) is 1. The molecule has 1 aliphatic carbocycles. The normalized spacial score (nSPS) is 26.8. The molecule has 2 saturated heterocycles. The fourth-order valence-electron chi connectivity index (χ4n) is 6.12. The molecule has 2 aromatic rings. The first-order valence-corrected chi connectivity index (χ1v) is 14.4. The highest BCUT2D eigenvalue weighted by molar-refractivity contribution is 6.35. The van der Waals surface area contributed by atoms with Crippen LogP contribution < -0.4 is 15.5 Å². The maximum Gasteiger partial charge on any atom is 0.309 e. The van der Waals surface area contributed by atoms with Crippen LogP contribution in [0, 0.1) is 17.3 Å². The van der Waals surface area contributed by atoms with Crippen molar-refractivity contribution in [3.63, 3.8) is 0 Å². The van der Waals surface area contributed by atoms with Gasteiger partial charge in [-0.1, -0.05) is 40.9 Å². The molecule has 1 saturated carbocycles. The summed E-state index contributed by atoms with van der Waals surface area (Å²) in [7, 11) is 1.80. The number of anilines is 3. The van der Waals surface area contributed by atoms with Crippen LogP contribution in [0.2, 0.25) is 15.1 Å². The van der Waals surface area contributed by atoms with E-state index in [0.29, 0.717) is 50.5 Å². The number of hydrogen-bond acceptors (Lipinski definition) is 7. The Hall–Kier alpha value is -2.00. The van der Waals surface area contributed by atoms with E-state index in [9.17, 15) is 9.90 Å². The minimum atomic E-state index is -0.666. The lowest BCUT2D eigenvalue weighted by atomic mass is 9.65. The first-order chi connectivity index (χ1) is 18.1. The highest BCUT2D eigenvalue weighted by Gasteiger charge is 2.49. The number of nitrogens with one attached hydrogen (secondary N) is 2. The fourth-order valence-corrected chi connectivity index (χ4v) is 6.92. The summed E-state index contributed by atoms with van der Waals surface area (Å²) in [5, 5.41) is 17.6. The van der Waals surface area contributed by atoms with Crippen LogP contribution in [0.4, 0.5) is 17.6 Å². The van der Waals surface area contributed by atoms with Crippen molar-refractivity contribution in [1.29, 1.82) is 0 Å². The Bertz CT molecular complexity index is 1200. The molecule has 0 bridgehead atoms. The molecule has 1 aromatic carbocycles. The Morgan fingerprint density at radius 1 is 1.13 bits per heavy atom. The summed E-state index contributed by atoms with van der Waals surface area (Å²) in [6.07, 6.45) is 3.90. The van der Waals surface area contributed by atoms with E-state index in [1.807, 2.05) is 26.0 Å². The summed E-state index contributed by atoms with van der Waals surface area (Å²) in [4.78, 5) is 25.7. The van der Waals surface area contributed by atoms with Crippen LogP contribution in [0.5, 0.6) is 0 Å². The molecule has 2 aliphatic heterocycles. The number of aliphatic carboxylic acids is 1. The number of likely N-dealkylation sites (tertiary alicyclic amines) is 1. The summed E-state index contributed by atoms with van der Waals surface area (Å²) in [6, 6.07) is 5.70. The molecule has 0 radical (unpaired) electrons. The molecule has 3 N–H and O–H groups in total. The van der Waals surface area contributed by atoms with Crippen molar-refractivity contribution < 1.29 is 9.90 Å². The van der Waals surface area contributed by atoms with E-state index in [4.69, 9.17) is 39.8 Å². The molecule has 3 aliphatic rings. The first-order valence-electron chi connectivity index (χ1n) is 13.3. The topological polar surface area (TPSA) is 93.6 Å². The smallest absolute Gasteiger partial charge is 0.309 e. The quantitative estimate of drug-likeness (QED) is 0.347. The lowest BCUT2D eigenvalue weighted by Crippen LogP contribution is -2.58. The van der Waals surface area contributed by atoms with Gasteiger partial charge in [0.25, 0.3) is 0 Å². The molecule has 0 amide bonds. The maximum absolute atomic E-state index is 11.5. The van der Waals surface area contributed by atoms with Crippen LogP contribution in [0.1, 0.15) is 51.1 Å². The molecule has 0 unspecified atom stereocenters. The van der Waals surface area contributed by atoms with Gasteiger partial charge < -0.3 is 25.5 Å². The van der Waals surface area contributed by atoms with Gasteiger partial charge in [0, 0.05) is 42.8 Å². The third-order valence-corrected chi connectivity index (χ3v) is 9.53. The average molecular weight is 582 g/mol. The van der Waals surface area contributed by atoms with Gasteiger partial charge >= 0.3 is 5.97 Å². The number of halogens is 3. The van der Waals surface area contributed by atoms with Gasteiger partial charge in [-0.2, -0.15) is 9.97 Å². The van der Waals surface area contributed by atoms with Gasteiger partial charge in [0.2, 0.25) is 5.95 Å². The van der Waals surface area contributed by atoms with Crippen LogP contribution in [0.15, 0.2) is 18.2 Å². The highest BCUT2D eigenvalue weighted by atomic mass is 35.5. The van der Waals surface area contributed by atoms with Crippen molar-refractivity contribution in [2.75, 3.05) is 48.8 Å². The van der Waals surface area contributed by atoms with Crippen LogP contribution in [0.3, 0.4) is 0 Å². The van der Waals surface area contributed by atoms with Crippen molar-refractivity contribution in [2.45, 2.75) is 51.6 Å². The van der Waals surface area contributed by atoms with Gasteiger partial charge in [-0.3, -0.25) is 4.79 Å². The van der Waals surface area contributed by atoms with E-state index < -0.39 is 11.4 Å². The predicted molar refractivity (Wildman–Crippen MR) is 154 cm³/mol. The van der Waals surface area contributed by atoms with Crippen molar-refractivity contribution in [1.82, 2.24) is 14.9 Å². The van der Waals surface area contributed by atoms with Crippen LogP contribution in [0.25, 0.3) is 0 Å². The Morgan fingerprint density at radius 2 is 1.84 bits per heavy atom. The lowest BCUT2D eigenvalue weighted by molar-refractivity contribution is -0.158. The van der Waals surface area contributed by atoms with Gasteiger partial charge in [0.15, 0.2) is 11.6 Å². The summed E-state index contributed by atoms with van der Waals surface area (Å²) < 4.78 is 0. The number of benzene rings is 1. The SMILES string of the molecule is CNc1nc(N2CC([C@H]3CCCN(C4CC(C)(C(=O)O)C4)C3)C2)nc(N[C@H](C)c2ccc(Cl)cc2Cl)c1Cl. The second-order valence-electron chi connectivity index (χ2n) is 11.3. The molecule has 3 fully saturated rings. The lowest BCUT2D eigenvalue weighted by Gasteiger charge is -2.52. The van der Waals surface area contributed by atoms with Crippen LogP contribution >= 0.6 is 34.8 Å². The van der Waals surface area contributed by atoms with Crippen molar-refractivity contribution >= 4 is 58.4 Å². The summed E-state index contributed by atoms with van der Waals surface area (Å²) >= 11 is 19.1. The summed E-state index contributed by atoms with van der Waals surface area (Å²) in [5.74, 6) is 2.29. The van der Waals surface area contributed by atoms with Crippen molar-refractivity contribution in [3.8, 4) is 0 Å². The zero-order valence-corrected chi connectivity index (χ0v) is 24.2. The van der Waals surface area contributed by atoms with Gasteiger partial charge in [-0.05, 0) is 75.6 Å². The Balaban J connectivity index is 1.23. The highest BCUT2D eigenvalue weighted by Crippen LogP contribution is 2.45.